The van der Waals surface area contributed by atoms with Crippen LogP contribution in [0.15, 0.2) is 24.3 Å². The van der Waals surface area contributed by atoms with Gasteiger partial charge in [-0.2, -0.15) is 5.26 Å². The lowest BCUT2D eigenvalue weighted by Crippen LogP contribution is -2.36. The van der Waals surface area contributed by atoms with Crippen LogP contribution in [0.4, 0.5) is 0 Å². The number of hydrogen-bond acceptors (Lipinski definition) is 3. The van der Waals surface area contributed by atoms with E-state index in [1.54, 1.807) is 0 Å². The first-order valence-corrected chi connectivity index (χ1v) is 6.27. The molecular weight excluding hydrogens is 210 g/mol. The van der Waals surface area contributed by atoms with E-state index >= 15 is 0 Å². The summed E-state index contributed by atoms with van der Waals surface area (Å²) >= 11 is 0. The second-order valence-electron chi connectivity index (χ2n) is 4.52. The lowest BCUT2D eigenvalue weighted by atomic mass is 10.1. The minimum Gasteiger partial charge on any atom is -0.315 e. The van der Waals surface area contributed by atoms with Crippen molar-refractivity contribution in [3.05, 3.63) is 35.4 Å². The Balaban J connectivity index is 2.04. The number of nitrogens with zero attached hydrogens (tertiary/aromatic N) is 2. The zero-order valence-corrected chi connectivity index (χ0v) is 10.3. The van der Waals surface area contributed by atoms with Gasteiger partial charge in [-0.3, -0.25) is 4.90 Å². The Labute approximate surface area is 103 Å². The van der Waals surface area contributed by atoms with Gasteiger partial charge in [0.15, 0.2) is 0 Å². The molecule has 1 atom stereocenters. The Hall–Kier alpha value is -1.37. The molecular formula is C14H19N3. The molecule has 0 bridgehead atoms. The number of hydrogen-bond donors (Lipinski definition) is 1. The highest BCUT2D eigenvalue weighted by Crippen LogP contribution is 2.13. The molecule has 1 aromatic carbocycles. The van der Waals surface area contributed by atoms with Crippen LogP contribution in [-0.4, -0.2) is 30.6 Å². The van der Waals surface area contributed by atoms with Gasteiger partial charge in [-0.05, 0) is 37.2 Å². The van der Waals surface area contributed by atoms with Crippen LogP contribution >= 0.6 is 0 Å². The van der Waals surface area contributed by atoms with Gasteiger partial charge in [0, 0.05) is 19.1 Å². The smallest absolute Gasteiger partial charge is 0.0991 e. The Kier molecular flexibility index (Phi) is 4.13. The monoisotopic (exact) mass is 229 g/mol. The molecule has 1 aliphatic heterocycles. The van der Waals surface area contributed by atoms with E-state index in [-0.39, 0.29) is 0 Å². The van der Waals surface area contributed by atoms with Crippen molar-refractivity contribution in [1.29, 1.82) is 5.26 Å². The van der Waals surface area contributed by atoms with Gasteiger partial charge in [-0.1, -0.05) is 19.1 Å². The zero-order valence-electron chi connectivity index (χ0n) is 10.3. The Bertz CT molecular complexity index is 402. The molecule has 1 aliphatic rings. The highest BCUT2D eigenvalue weighted by Gasteiger charge is 2.20. The normalized spacial score (nSPS) is 19.5. The minimum absolute atomic E-state index is 0.644. The molecule has 1 N–H and O–H groups in total. The van der Waals surface area contributed by atoms with Gasteiger partial charge in [0.05, 0.1) is 11.6 Å². The fourth-order valence-electron chi connectivity index (χ4n) is 2.42. The summed E-state index contributed by atoms with van der Waals surface area (Å²) in [7, 11) is 0. The highest BCUT2D eigenvalue weighted by atomic mass is 15.2. The van der Waals surface area contributed by atoms with E-state index in [9.17, 15) is 0 Å². The van der Waals surface area contributed by atoms with E-state index in [1.807, 2.05) is 18.2 Å². The quantitative estimate of drug-likeness (QED) is 0.855. The maximum Gasteiger partial charge on any atom is 0.0991 e. The zero-order chi connectivity index (χ0) is 12.1. The molecule has 0 aliphatic carbocycles. The maximum atomic E-state index is 8.89. The van der Waals surface area contributed by atoms with E-state index in [1.165, 1.54) is 12.0 Å². The molecule has 90 valence electrons. The lowest BCUT2D eigenvalue weighted by Gasteiger charge is -2.26. The van der Waals surface area contributed by atoms with Gasteiger partial charge < -0.3 is 5.32 Å². The molecule has 1 aromatic rings. The molecule has 0 saturated carbocycles. The third kappa shape index (κ3) is 3.06. The molecule has 1 unspecified atom stereocenters. The van der Waals surface area contributed by atoms with Gasteiger partial charge in [0.25, 0.3) is 0 Å². The summed E-state index contributed by atoms with van der Waals surface area (Å²) in [6.45, 7) is 6.42. The van der Waals surface area contributed by atoms with Crippen molar-refractivity contribution in [2.45, 2.75) is 25.9 Å². The van der Waals surface area contributed by atoms with E-state index in [0.717, 1.165) is 31.7 Å². The second-order valence-corrected chi connectivity index (χ2v) is 4.52. The predicted molar refractivity (Wildman–Crippen MR) is 68.5 cm³/mol. The summed E-state index contributed by atoms with van der Waals surface area (Å²) in [5.41, 5.74) is 1.99. The molecule has 0 amide bonds. The fourth-order valence-corrected chi connectivity index (χ4v) is 2.42. The number of nitrogens with one attached hydrogen (secondary N) is 1. The molecule has 0 spiro atoms. The third-order valence-corrected chi connectivity index (χ3v) is 3.40. The van der Waals surface area contributed by atoms with Crippen molar-refractivity contribution in [3.8, 4) is 6.07 Å². The predicted octanol–water partition coefficient (Wildman–Crippen LogP) is 1.74. The first-order valence-electron chi connectivity index (χ1n) is 6.27. The molecule has 1 fully saturated rings. The van der Waals surface area contributed by atoms with Gasteiger partial charge in [0.2, 0.25) is 0 Å². The van der Waals surface area contributed by atoms with Crippen LogP contribution in [0.3, 0.4) is 0 Å². The summed E-state index contributed by atoms with van der Waals surface area (Å²) < 4.78 is 0. The first-order chi connectivity index (χ1) is 8.33. The van der Waals surface area contributed by atoms with E-state index in [2.05, 4.69) is 29.3 Å². The molecule has 0 aromatic heterocycles. The van der Waals surface area contributed by atoms with Crippen molar-refractivity contribution in [2.75, 3.05) is 19.6 Å². The average molecular weight is 229 g/mol. The summed E-state index contributed by atoms with van der Waals surface area (Å²) in [5.74, 6) is 0. The van der Waals surface area contributed by atoms with Gasteiger partial charge >= 0.3 is 0 Å². The van der Waals surface area contributed by atoms with E-state index in [0.29, 0.717) is 6.04 Å². The fraction of sp³-hybridized carbons (Fsp3) is 0.500. The number of rotatable bonds is 4. The Morgan fingerprint density at radius 2 is 2.41 bits per heavy atom. The van der Waals surface area contributed by atoms with Crippen LogP contribution < -0.4 is 5.32 Å². The van der Waals surface area contributed by atoms with Gasteiger partial charge in [0.1, 0.15) is 0 Å². The van der Waals surface area contributed by atoms with Crippen LogP contribution in [0, 0.1) is 11.3 Å². The van der Waals surface area contributed by atoms with Crippen molar-refractivity contribution in [3.63, 3.8) is 0 Å². The molecule has 0 radical (unpaired) electrons. The maximum absolute atomic E-state index is 8.89. The lowest BCUT2D eigenvalue weighted by molar-refractivity contribution is 0.210. The molecule has 3 heteroatoms. The van der Waals surface area contributed by atoms with Crippen molar-refractivity contribution >= 4 is 0 Å². The molecule has 3 nitrogen and oxygen atoms in total. The SMILES string of the molecule is CCN(Cc1cccc(C#N)c1)C1CCNC1. The Morgan fingerprint density at radius 1 is 1.53 bits per heavy atom. The van der Waals surface area contributed by atoms with Crippen LogP contribution in [0.5, 0.6) is 0 Å². The second kappa shape index (κ2) is 5.81. The topological polar surface area (TPSA) is 39.1 Å². The number of likely N-dealkylation sites (N-methyl/N-ethyl adjacent to an activating group) is 1. The highest BCUT2D eigenvalue weighted by molar-refractivity contribution is 5.32. The van der Waals surface area contributed by atoms with E-state index < -0.39 is 0 Å². The summed E-state index contributed by atoms with van der Waals surface area (Å²) in [6.07, 6.45) is 1.23. The average Bonchev–Trinajstić information content (AvgIpc) is 2.90. The molecule has 17 heavy (non-hydrogen) atoms. The summed E-state index contributed by atoms with van der Waals surface area (Å²) in [6, 6.07) is 10.8. The van der Waals surface area contributed by atoms with Gasteiger partial charge in [-0.15, -0.1) is 0 Å². The van der Waals surface area contributed by atoms with Crippen LogP contribution in [-0.2, 0) is 6.54 Å². The van der Waals surface area contributed by atoms with Crippen molar-refractivity contribution in [2.24, 2.45) is 0 Å². The molecule has 1 heterocycles. The summed E-state index contributed by atoms with van der Waals surface area (Å²) in [4.78, 5) is 2.48. The number of nitriles is 1. The van der Waals surface area contributed by atoms with E-state index in [4.69, 9.17) is 5.26 Å². The largest absolute Gasteiger partial charge is 0.315 e. The minimum atomic E-state index is 0.644. The van der Waals surface area contributed by atoms with Crippen LogP contribution in [0.25, 0.3) is 0 Å². The number of benzene rings is 1. The summed E-state index contributed by atoms with van der Waals surface area (Å²) in [5, 5.41) is 12.3. The van der Waals surface area contributed by atoms with Crippen LogP contribution in [0.1, 0.15) is 24.5 Å². The third-order valence-electron chi connectivity index (χ3n) is 3.40. The first kappa shape index (κ1) is 12.1. The standard InChI is InChI=1S/C14H19N3/c1-2-17(14-6-7-16-10-14)11-13-5-3-4-12(8-13)9-15/h3-5,8,14,16H,2,6-7,10-11H2,1H3. The molecule has 1 saturated heterocycles. The molecule has 2 rings (SSSR count). The van der Waals surface area contributed by atoms with Crippen LogP contribution in [0.2, 0.25) is 0 Å². The van der Waals surface area contributed by atoms with Gasteiger partial charge in [-0.25, -0.2) is 0 Å². The Morgan fingerprint density at radius 3 is 3.06 bits per heavy atom. The van der Waals surface area contributed by atoms with Crippen molar-refractivity contribution < 1.29 is 0 Å². The van der Waals surface area contributed by atoms with Crippen molar-refractivity contribution in [1.82, 2.24) is 10.2 Å².